The van der Waals surface area contributed by atoms with Gasteiger partial charge in [0.15, 0.2) is 0 Å². The van der Waals surface area contributed by atoms with Crippen LogP contribution in [-0.2, 0) is 24.8 Å². The predicted molar refractivity (Wildman–Crippen MR) is 141 cm³/mol. The van der Waals surface area contributed by atoms with Crippen LogP contribution in [0.5, 0.6) is 5.75 Å². The molecule has 4 atom stereocenters. The fourth-order valence-corrected chi connectivity index (χ4v) is 8.93. The van der Waals surface area contributed by atoms with Crippen LogP contribution in [0.15, 0.2) is 59.7 Å². The Bertz CT molecular complexity index is 1500. The molecule has 0 amide bonds. The van der Waals surface area contributed by atoms with E-state index in [9.17, 15) is 4.79 Å². The molecule has 2 heterocycles. The molecule has 0 bridgehead atoms. The van der Waals surface area contributed by atoms with Crippen molar-refractivity contribution < 1.29 is 4.74 Å². The van der Waals surface area contributed by atoms with Gasteiger partial charge in [0.25, 0.3) is 5.56 Å². The quantitative estimate of drug-likeness (QED) is 0.355. The molecule has 4 aromatic rings. The van der Waals surface area contributed by atoms with Gasteiger partial charge in [0.2, 0.25) is 0 Å². The number of rotatable bonds is 3. The highest BCUT2D eigenvalue weighted by Gasteiger charge is 2.54. The second kappa shape index (κ2) is 7.79. The van der Waals surface area contributed by atoms with Gasteiger partial charge in [0, 0.05) is 4.88 Å². The van der Waals surface area contributed by atoms with Crippen LogP contribution in [0.1, 0.15) is 59.2 Å². The fourth-order valence-electron chi connectivity index (χ4n) is 7.61. The third-order valence-corrected chi connectivity index (χ3v) is 10.4. The van der Waals surface area contributed by atoms with Crippen molar-refractivity contribution in [2.24, 2.45) is 11.8 Å². The van der Waals surface area contributed by atoms with E-state index in [-0.39, 0.29) is 11.0 Å². The minimum absolute atomic E-state index is 0.0610. The van der Waals surface area contributed by atoms with E-state index < -0.39 is 0 Å². The molecule has 7 rings (SSSR count). The molecule has 2 aromatic carbocycles. The zero-order valence-electron chi connectivity index (χ0n) is 20.3. The van der Waals surface area contributed by atoms with Crippen LogP contribution in [0.2, 0.25) is 0 Å². The Morgan fingerprint density at radius 2 is 2.03 bits per heavy atom. The van der Waals surface area contributed by atoms with Crippen molar-refractivity contribution >= 4 is 21.6 Å². The van der Waals surface area contributed by atoms with Gasteiger partial charge in [0.1, 0.15) is 10.6 Å². The molecule has 0 N–H and O–H groups in total. The third-order valence-electron chi connectivity index (χ3n) is 9.25. The molecule has 35 heavy (non-hydrogen) atoms. The Labute approximate surface area is 209 Å². The predicted octanol–water partition coefficient (Wildman–Crippen LogP) is 6.08. The smallest absolute Gasteiger partial charge is 0.262 e. The summed E-state index contributed by atoms with van der Waals surface area (Å²) in [4.78, 5) is 20.9. The molecule has 0 unspecified atom stereocenters. The molecule has 3 aliphatic rings. The largest absolute Gasteiger partial charge is 0.497 e. The van der Waals surface area contributed by atoms with Crippen LogP contribution in [-0.4, -0.2) is 16.7 Å². The summed E-state index contributed by atoms with van der Waals surface area (Å²) in [5.74, 6) is 2.87. The average molecular weight is 483 g/mol. The van der Waals surface area contributed by atoms with Crippen LogP contribution in [0, 0.1) is 11.8 Å². The number of nitrogens with zero attached hydrogens (tertiary/aromatic N) is 2. The van der Waals surface area contributed by atoms with E-state index in [1.54, 1.807) is 29.3 Å². The Morgan fingerprint density at radius 1 is 1.17 bits per heavy atom. The molecule has 0 saturated heterocycles. The maximum Gasteiger partial charge on any atom is 0.262 e. The maximum atomic E-state index is 13.8. The van der Waals surface area contributed by atoms with E-state index in [0.717, 1.165) is 40.8 Å². The van der Waals surface area contributed by atoms with Gasteiger partial charge in [0.05, 0.1) is 25.4 Å². The number of aromatic nitrogens is 2. The SMILES string of the molecule is COc1ccc2c(c1)CC[C@@H]1[C@@H]2CC[C@]2(C)c3c(sc4ncn(Cc5ccccc5)c(=O)c34)C[C@@H]12. The summed E-state index contributed by atoms with van der Waals surface area (Å²) in [6.45, 7) is 3.02. The maximum absolute atomic E-state index is 13.8. The summed E-state index contributed by atoms with van der Waals surface area (Å²) in [6.07, 6.45) is 7.51. The molecule has 4 nitrogen and oxygen atoms in total. The number of fused-ring (bicyclic) bond motifs is 9. The second-order valence-electron chi connectivity index (χ2n) is 10.9. The molecule has 0 spiro atoms. The van der Waals surface area contributed by atoms with Crippen LogP contribution >= 0.6 is 11.3 Å². The zero-order chi connectivity index (χ0) is 23.7. The number of aryl methyl sites for hydroxylation is 1. The van der Waals surface area contributed by atoms with E-state index in [0.29, 0.717) is 24.3 Å². The first-order valence-electron chi connectivity index (χ1n) is 12.8. The van der Waals surface area contributed by atoms with E-state index in [4.69, 9.17) is 9.72 Å². The number of methoxy groups -OCH3 is 1. The topological polar surface area (TPSA) is 44.1 Å². The number of hydrogen-bond acceptors (Lipinski definition) is 4. The van der Waals surface area contributed by atoms with Gasteiger partial charge < -0.3 is 4.74 Å². The Hall–Kier alpha value is -2.92. The summed E-state index contributed by atoms with van der Waals surface area (Å²) in [7, 11) is 1.75. The van der Waals surface area contributed by atoms with E-state index >= 15 is 0 Å². The van der Waals surface area contributed by atoms with Crippen molar-refractivity contribution in [3.63, 3.8) is 0 Å². The lowest BCUT2D eigenvalue weighted by Gasteiger charge is -2.49. The normalized spacial score (nSPS) is 26.6. The zero-order valence-corrected chi connectivity index (χ0v) is 21.1. The monoisotopic (exact) mass is 482 g/mol. The standard InChI is InChI=1S/C30H30N2O2S/c1-30-13-12-22-21-11-9-20(34-2)14-19(21)8-10-23(22)24(30)15-25-27(30)26-28(35-25)31-17-32(29(26)33)16-18-6-4-3-5-7-18/h3-7,9,11,14,17,22-24H,8,10,12-13,15-16H2,1-2H3/t22-,23-,24+,30+/m1/s1. The van der Waals surface area contributed by atoms with Crippen molar-refractivity contribution in [2.75, 3.05) is 7.11 Å². The third kappa shape index (κ3) is 3.10. The minimum Gasteiger partial charge on any atom is -0.497 e. The molecule has 1 saturated carbocycles. The average Bonchev–Trinajstić information content (AvgIpc) is 3.40. The highest BCUT2D eigenvalue weighted by molar-refractivity contribution is 7.18. The van der Waals surface area contributed by atoms with Crippen molar-refractivity contribution in [3.05, 3.63) is 92.3 Å². The lowest BCUT2D eigenvalue weighted by Crippen LogP contribution is -2.43. The first-order chi connectivity index (χ1) is 17.1. The Kier molecular flexibility index (Phi) is 4.76. The van der Waals surface area contributed by atoms with Crippen LogP contribution in [0.4, 0.5) is 0 Å². The van der Waals surface area contributed by atoms with Gasteiger partial charge >= 0.3 is 0 Å². The molecule has 1 fully saturated rings. The van der Waals surface area contributed by atoms with Gasteiger partial charge in [-0.15, -0.1) is 11.3 Å². The number of hydrogen-bond donors (Lipinski definition) is 0. The van der Waals surface area contributed by atoms with Gasteiger partial charge in [-0.05, 0) is 89.7 Å². The summed E-state index contributed by atoms with van der Waals surface area (Å²) in [5.41, 5.74) is 5.66. The molecule has 2 aromatic heterocycles. The van der Waals surface area contributed by atoms with Crippen molar-refractivity contribution in [2.45, 2.75) is 56.9 Å². The summed E-state index contributed by atoms with van der Waals surface area (Å²) in [5, 5.41) is 0.896. The fraction of sp³-hybridized carbons (Fsp3) is 0.400. The van der Waals surface area contributed by atoms with E-state index in [1.807, 2.05) is 18.2 Å². The Morgan fingerprint density at radius 3 is 2.86 bits per heavy atom. The highest BCUT2D eigenvalue weighted by atomic mass is 32.1. The molecule has 0 aliphatic heterocycles. The van der Waals surface area contributed by atoms with Gasteiger partial charge in [-0.1, -0.05) is 43.3 Å². The molecule has 0 radical (unpaired) electrons. The summed E-state index contributed by atoms with van der Waals surface area (Å²) < 4.78 is 7.30. The first kappa shape index (κ1) is 21.4. The van der Waals surface area contributed by atoms with Crippen molar-refractivity contribution in [1.29, 1.82) is 0 Å². The van der Waals surface area contributed by atoms with Gasteiger partial charge in [-0.3, -0.25) is 9.36 Å². The number of ether oxygens (including phenoxy) is 1. The van der Waals surface area contributed by atoms with Crippen LogP contribution in [0.3, 0.4) is 0 Å². The lowest BCUT2D eigenvalue weighted by atomic mass is 9.55. The van der Waals surface area contributed by atoms with E-state index in [2.05, 4.69) is 37.3 Å². The summed E-state index contributed by atoms with van der Waals surface area (Å²) in [6, 6.07) is 16.9. The van der Waals surface area contributed by atoms with E-state index in [1.165, 1.54) is 34.4 Å². The molecule has 5 heteroatoms. The van der Waals surface area contributed by atoms with Gasteiger partial charge in [-0.25, -0.2) is 4.98 Å². The molecule has 178 valence electrons. The molecular formula is C30H30N2O2S. The number of thiophene rings is 1. The van der Waals surface area contributed by atoms with Crippen molar-refractivity contribution in [3.8, 4) is 5.75 Å². The van der Waals surface area contributed by atoms with Gasteiger partial charge in [-0.2, -0.15) is 0 Å². The minimum atomic E-state index is 0.0610. The first-order valence-corrected chi connectivity index (χ1v) is 13.6. The van der Waals surface area contributed by atoms with Crippen molar-refractivity contribution in [1.82, 2.24) is 9.55 Å². The second-order valence-corrected chi connectivity index (χ2v) is 12.0. The lowest BCUT2D eigenvalue weighted by molar-refractivity contribution is 0.106. The number of benzene rings is 2. The highest BCUT2D eigenvalue weighted by Crippen LogP contribution is 2.62. The van der Waals surface area contributed by atoms with Crippen LogP contribution in [0.25, 0.3) is 10.2 Å². The molecular weight excluding hydrogens is 452 g/mol. The van der Waals surface area contributed by atoms with Crippen LogP contribution < -0.4 is 10.3 Å². The summed E-state index contributed by atoms with van der Waals surface area (Å²) >= 11 is 1.77. The molecule has 3 aliphatic carbocycles. The Balaban J connectivity index is 1.28.